The number of anilines is 1. The highest BCUT2D eigenvalue weighted by atomic mass is 32.1. The Morgan fingerprint density at radius 1 is 1.29 bits per heavy atom. The van der Waals surface area contributed by atoms with E-state index in [1.165, 1.54) is 11.3 Å². The number of rotatable bonds is 5. The fourth-order valence-electron chi connectivity index (χ4n) is 1.96. The van der Waals surface area contributed by atoms with Crippen LogP contribution in [0.15, 0.2) is 30.3 Å². The van der Waals surface area contributed by atoms with E-state index in [-0.39, 0.29) is 11.5 Å². The number of ether oxygens (including phenoxy) is 1. The van der Waals surface area contributed by atoms with E-state index in [9.17, 15) is 9.59 Å². The number of amides is 1. The second-order valence-electron chi connectivity index (χ2n) is 4.45. The standard InChI is InChI=1S/C15H15NO4S/c1-9-7-12(15(18)19)14(21-9)16-13(17)11-6-4-3-5-10(11)8-20-2/h3-7H,8H2,1-2H3,(H,16,17)(H,18,19). The van der Waals surface area contributed by atoms with E-state index in [2.05, 4.69) is 5.32 Å². The third-order valence-electron chi connectivity index (χ3n) is 2.87. The minimum absolute atomic E-state index is 0.107. The smallest absolute Gasteiger partial charge is 0.338 e. The van der Waals surface area contributed by atoms with Gasteiger partial charge in [-0.05, 0) is 24.6 Å². The molecule has 0 radical (unpaired) electrons. The van der Waals surface area contributed by atoms with Gasteiger partial charge in [-0.3, -0.25) is 4.79 Å². The summed E-state index contributed by atoms with van der Waals surface area (Å²) in [4.78, 5) is 24.3. The quantitative estimate of drug-likeness (QED) is 0.889. The van der Waals surface area contributed by atoms with Crippen molar-refractivity contribution in [1.29, 1.82) is 0 Å². The summed E-state index contributed by atoms with van der Waals surface area (Å²) < 4.78 is 5.06. The monoisotopic (exact) mass is 305 g/mol. The van der Waals surface area contributed by atoms with Crippen LogP contribution in [-0.2, 0) is 11.3 Å². The summed E-state index contributed by atoms with van der Waals surface area (Å²) in [7, 11) is 1.56. The van der Waals surface area contributed by atoms with Gasteiger partial charge in [0.1, 0.15) is 5.00 Å². The fourth-order valence-corrected chi connectivity index (χ4v) is 2.86. The summed E-state index contributed by atoms with van der Waals surface area (Å²) in [6, 6.07) is 8.61. The number of carboxylic acids is 1. The lowest BCUT2D eigenvalue weighted by atomic mass is 10.1. The van der Waals surface area contributed by atoms with Crippen molar-refractivity contribution in [3.8, 4) is 0 Å². The van der Waals surface area contributed by atoms with Crippen LogP contribution in [0, 0.1) is 6.92 Å². The SMILES string of the molecule is COCc1ccccc1C(=O)Nc1sc(C)cc1C(=O)O. The largest absolute Gasteiger partial charge is 0.478 e. The molecular weight excluding hydrogens is 290 g/mol. The predicted octanol–water partition coefficient (Wildman–Crippen LogP) is 3.15. The van der Waals surface area contributed by atoms with Crippen molar-refractivity contribution in [1.82, 2.24) is 0 Å². The molecule has 1 aromatic heterocycles. The van der Waals surface area contributed by atoms with Gasteiger partial charge in [0.15, 0.2) is 0 Å². The molecule has 0 aliphatic carbocycles. The average molecular weight is 305 g/mol. The van der Waals surface area contributed by atoms with Crippen molar-refractivity contribution in [2.75, 3.05) is 12.4 Å². The molecule has 2 N–H and O–H groups in total. The van der Waals surface area contributed by atoms with E-state index < -0.39 is 5.97 Å². The Labute approximate surface area is 126 Å². The summed E-state index contributed by atoms with van der Waals surface area (Å²) >= 11 is 1.24. The molecule has 0 unspecified atom stereocenters. The van der Waals surface area contributed by atoms with Crippen molar-refractivity contribution in [3.63, 3.8) is 0 Å². The number of hydrogen-bond donors (Lipinski definition) is 2. The predicted molar refractivity (Wildman–Crippen MR) is 81.1 cm³/mol. The molecule has 0 aliphatic rings. The zero-order valence-electron chi connectivity index (χ0n) is 11.7. The number of carbonyl (C=O) groups is 2. The molecule has 1 heterocycles. The highest BCUT2D eigenvalue weighted by Crippen LogP contribution is 2.28. The Kier molecular flexibility index (Phi) is 4.72. The van der Waals surface area contributed by atoms with E-state index in [0.717, 1.165) is 10.4 Å². The van der Waals surface area contributed by atoms with E-state index in [0.29, 0.717) is 17.2 Å². The van der Waals surface area contributed by atoms with Crippen molar-refractivity contribution in [2.45, 2.75) is 13.5 Å². The van der Waals surface area contributed by atoms with Crippen molar-refractivity contribution >= 4 is 28.2 Å². The molecule has 0 fully saturated rings. The lowest BCUT2D eigenvalue weighted by molar-refractivity contribution is 0.0698. The van der Waals surface area contributed by atoms with Gasteiger partial charge in [-0.1, -0.05) is 18.2 Å². The van der Waals surface area contributed by atoms with Crippen LogP contribution in [0.2, 0.25) is 0 Å². The Balaban J connectivity index is 2.28. The van der Waals surface area contributed by atoms with Crippen LogP contribution in [0.25, 0.3) is 0 Å². The first-order valence-electron chi connectivity index (χ1n) is 6.25. The molecule has 1 amide bonds. The molecule has 0 spiro atoms. The van der Waals surface area contributed by atoms with Crippen LogP contribution >= 0.6 is 11.3 Å². The molecule has 0 saturated heterocycles. The van der Waals surface area contributed by atoms with Crippen molar-refractivity contribution in [2.24, 2.45) is 0 Å². The summed E-state index contributed by atoms with van der Waals surface area (Å²) in [5.74, 6) is -1.40. The highest BCUT2D eigenvalue weighted by Gasteiger charge is 2.18. The molecule has 0 saturated carbocycles. The number of aryl methyl sites for hydroxylation is 1. The van der Waals surface area contributed by atoms with E-state index in [1.807, 2.05) is 6.07 Å². The zero-order valence-corrected chi connectivity index (χ0v) is 12.5. The third-order valence-corrected chi connectivity index (χ3v) is 3.84. The van der Waals surface area contributed by atoms with Crippen LogP contribution in [0.3, 0.4) is 0 Å². The van der Waals surface area contributed by atoms with Crippen LogP contribution in [0.1, 0.15) is 31.2 Å². The molecular formula is C15H15NO4S. The number of aromatic carboxylic acids is 1. The maximum Gasteiger partial charge on any atom is 0.338 e. The number of nitrogens with one attached hydrogen (secondary N) is 1. The minimum atomic E-state index is -1.06. The number of hydrogen-bond acceptors (Lipinski definition) is 4. The molecule has 1 aromatic carbocycles. The van der Waals surface area contributed by atoms with Gasteiger partial charge in [0.2, 0.25) is 0 Å². The average Bonchev–Trinajstić information content (AvgIpc) is 2.80. The maximum absolute atomic E-state index is 12.3. The summed E-state index contributed by atoms with van der Waals surface area (Å²) in [5, 5.41) is 12.2. The van der Waals surface area contributed by atoms with E-state index >= 15 is 0 Å². The number of carboxylic acid groups (broad SMARTS) is 1. The molecule has 6 heteroatoms. The minimum Gasteiger partial charge on any atom is -0.478 e. The Morgan fingerprint density at radius 2 is 2.00 bits per heavy atom. The van der Waals surface area contributed by atoms with Gasteiger partial charge in [0.05, 0.1) is 12.2 Å². The molecule has 0 aliphatic heterocycles. The first-order valence-corrected chi connectivity index (χ1v) is 7.06. The first kappa shape index (κ1) is 15.2. The number of thiophene rings is 1. The van der Waals surface area contributed by atoms with Gasteiger partial charge in [0.25, 0.3) is 5.91 Å². The molecule has 21 heavy (non-hydrogen) atoms. The second kappa shape index (κ2) is 6.51. The normalized spacial score (nSPS) is 10.4. The molecule has 110 valence electrons. The summed E-state index contributed by atoms with van der Waals surface area (Å²) in [5.41, 5.74) is 1.33. The number of methoxy groups -OCH3 is 1. The first-order chi connectivity index (χ1) is 10.0. The molecule has 5 nitrogen and oxygen atoms in total. The van der Waals surface area contributed by atoms with Crippen LogP contribution < -0.4 is 5.32 Å². The lowest BCUT2D eigenvalue weighted by Gasteiger charge is -2.09. The maximum atomic E-state index is 12.3. The zero-order chi connectivity index (χ0) is 15.4. The molecule has 0 bridgehead atoms. The lowest BCUT2D eigenvalue weighted by Crippen LogP contribution is -2.15. The van der Waals surface area contributed by atoms with E-state index in [4.69, 9.17) is 9.84 Å². The van der Waals surface area contributed by atoms with Gasteiger partial charge in [-0.25, -0.2) is 4.79 Å². The van der Waals surface area contributed by atoms with Crippen LogP contribution in [0.4, 0.5) is 5.00 Å². The van der Waals surface area contributed by atoms with Gasteiger partial charge < -0.3 is 15.2 Å². The summed E-state index contributed by atoms with van der Waals surface area (Å²) in [6.07, 6.45) is 0. The number of benzene rings is 1. The number of carbonyl (C=O) groups excluding carboxylic acids is 1. The van der Waals surface area contributed by atoms with Gasteiger partial charge in [-0.2, -0.15) is 0 Å². The second-order valence-corrected chi connectivity index (χ2v) is 5.71. The van der Waals surface area contributed by atoms with Gasteiger partial charge in [0, 0.05) is 17.6 Å². The Bertz CT molecular complexity index is 678. The molecule has 0 atom stereocenters. The molecule has 2 rings (SSSR count). The Morgan fingerprint density at radius 3 is 2.67 bits per heavy atom. The van der Waals surface area contributed by atoms with Crippen LogP contribution in [0.5, 0.6) is 0 Å². The summed E-state index contributed by atoms with van der Waals surface area (Å²) in [6.45, 7) is 2.12. The third kappa shape index (κ3) is 3.48. The highest BCUT2D eigenvalue weighted by molar-refractivity contribution is 7.16. The van der Waals surface area contributed by atoms with Gasteiger partial charge >= 0.3 is 5.97 Å². The molecule has 2 aromatic rings. The van der Waals surface area contributed by atoms with Crippen molar-refractivity contribution in [3.05, 3.63) is 51.9 Å². The topological polar surface area (TPSA) is 75.6 Å². The van der Waals surface area contributed by atoms with E-state index in [1.54, 1.807) is 38.3 Å². The fraction of sp³-hybridized carbons (Fsp3) is 0.200. The van der Waals surface area contributed by atoms with Crippen LogP contribution in [-0.4, -0.2) is 24.1 Å². The van der Waals surface area contributed by atoms with Crippen molar-refractivity contribution < 1.29 is 19.4 Å². The van der Waals surface area contributed by atoms with Gasteiger partial charge in [-0.15, -0.1) is 11.3 Å². The Hall–Kier alpha value is -2.18.